The largest absolute Gasteiger partial charge is 0.416 e. The second-order valence-corrected chi connectivity index (χ2v) is 5.92. The fourth-order valence-corrected chi connectivity index (χ4v) is 2.84. The maximum absolute atomic E-state index is 13.0. The van der Waals surface area contributed by atoms with Crippen molar-refractivity contribution in [3.05, 3.63) is 64.3 Å². The van der Waals surface area contributed by atoms with Gasteiger partial charge in [-0.3, -0.25) is 4.68 Å². The van der Waals surface area contributed by atoms with Crippen molar-refractivity contribution in [1.29, 1.82) is 0 Å². The highest BCUT2D eigenvalue weighted by atomic mass is 19.4. The summed E-state index contributed by atoms with van der Waals surface area (Å²) in [6.07, 6.45) is -4.41. The lowest BCUT2D eigenvalue weighted by Gasteiger charge is -2.10. The third kappa shape index (κ3) is 3.01. The highest BCUT2D eigenvalue weighted by molar-refractivity contribution is 5.83. The van der Waals surface area contributed by atoms with Crippen LogP contribution in [0.2, 0.25) is 0 Å². The molecule has 0 atom stereocenters. The Labute approximate surface area is 137 Å². The van der Waals surface area contributed by atoms with Gasteiger partial charge in [0.25, 0.3) is 0 Å². The number of aliphatic hydroxyl groups is 1. The van der Waals surface area contributed by atoms with Crippen LogP contribution in [0, 0.1) is 13.8 Å². The van der Waals surface area contributed by atoms with Crippen molar-refractivity contribution in [2.24, 2.45) is 0 Å². The number of halogens is 3. The van der Waals surface area contributed by atoms with E-state index in [2.05, 4.69) is 5.10 Å². The second kappa shape index (κ2) is 5.94. The van der Waals surface area contributed by atoms with Gasteiger partial charge in [0, 0.05) is 5.39 Å². The van der Waals surface area contributed by atoms with E-state index in [4.69, 9.17) is 0 Å². The predicted molar refractivity (Wildman–Crippen MR) is 85.7 cm³/mol. The molecule has 0 fully saturated rings. The van der Waals surface area contributed by atoms with E-state index in [1.165, 1.54) is 10.7 Å². The smallest absolute Gasteiger partial charge is 0.390 e. The molecule has 0 unspecified atom stereocenters. The van der Waals surface area contributed by atoms with Crippen molar-refractivity contribution in [3.8, 4) is 0 Å². The zero-order valence-corrected chi connectivity index (χ0v) is 13.4. The van der Waals surface area contributed by atoms with Crippen molar-refractivity contribution in [1.82, 2.24) is 9.78 Å². The summed E-state index contributed by atoms with van der Waals surface area (Å²) in [4.78, 5) is 0. The van der Waals surface area contributed by atoms with E-state index in [0.29, 0.717) is 23.1 Å². The first kappa shape index (κ1) is 16.5. The molecule has 0 aliphatic carbocycles. The Morgan fingerprint density at radius 3 is 2.46 bits per heavy atom. The number of fused-ring (bicyclic) bond motifs is 1. The molecule has 6 heteroatoms. The molecule has 126 valence electrons. The number of hydrogen-bond acceptors (Lipinski definition) is 2. The third-order valence-electron chi connectivity index (χ3n) is 4.12. The fraction of sp³-hybridized carbons (Fsp3) is 0.278. The normalized spacial score (nSPS) is 12.1. The number of hydrogen-bond donors (Lipinski definition) is 1. The molecular weight excluding hydrogens is 317 g/mol. The van der Waals surface area contributed by atoms with Crippen molar-refractivity contribution < 1.29 is 18.3 Å². The van der Waals surface area contributed by atoms with E-state index < -0.39 is 11.7 Å². The van der Waals surface area contributed by atoms with Crippen LogP contribution in [0.5, 0.6) is 0 Å². The molecule has 0 radical (unpaired) electrons. The second-order valence-electron chi connectivity index (χ2n) is 5.92. The van der Waals surface area contributed by atoms with Gasteiger partial charge < -0.3 is 5.11 Å². The molecule has 0 spiro atoms. The molecule has 3 nitrogen and oxygen atoms in total. The van der Waals surface area contributed by atoms with Crippen LogP contribution in [0.1, 0.15) is 27.9 Å². The summed E-state index contributed by atoms with van der Waals surface area (Å²) in [5, 5.41) is 14.3. The lowest BCUT2D eigenvalue weighted by Crippen LogP contribution is -2.07. The number of aryl methyl sites for hydroxylation is 2. The van der Waals surface area contributed by atoms with Crippen LogP contribution in [0.4, 0.5) is 13.2 Å². The summed E-state index contributed by atoms with van der Waals surface area (Å²) < 4.78 is 40.5. The first-order valence-corrected chi connectivity index (χ1v) is 7.53. The van der Waals surface area contributed by atoms with Crippen molar-refractivity contribution >= 4 is 10.9 Å². The Morgan fingerprint density at radius 2 is 1.83 bits per heavy atom. The van der Waals surface area contributed by atoms with Crippen LogP contribution in [-0.2, 0) is 19.3 Å². The quantitative estimate of drug-likeness (QED) is 0.779. The molecule has 0 aliphatic rings. The highest BCUT2D eigenvalue weighted by Crippen LogP contribution is 2.32. The minimum Gasteiger partial charge on any atom is -0.390 e. The number of benzene rings is 2. The minimum atomic E-state index is -4.41. The van der Waals surface area contributed by atoms with Gasteiger partial charge in [0.2, 0.25) is 0 Å². The zero-order valence-electron chi connectivity index (χ0n) is 13.4. The highest BCUT2D eigenvalue weighted by Gasteiger charge is 2.31. The van der Waals surface area contributed by atoms with E-state index in [0.717, 1.165) is 28.8 Å². The van der Waals surface area contributed by atoms with Gasteiger partial charge in [-0.1, -0.05) is 29.8 Å². The van der Waals surface area contributed by atoms with Gasteiger partial charge >= 0.3 is 6.18 Å². The molecule has 0 aliphatic heterocycles. The van der Waals surface area contributed by atoms with E-state index >= 15 is 0 Å². The number of rotatable bonds is 3. The molecule has 1 heterocycles. The van der Waals surface area contributed by atoms with Crippen molar-refractivity contribution in [3.63, 3.8) is 0 Å². The molecule has 1 N–H and O–H groups in total. The Morgan fingerprint density at radius 1 is 1.08 bits per heavy atom. The number of aromatic nitrogens is 2. The lowest BCUT2D eigenvalue weighted by atomic mass is 10.1. The molecule has 0 saturated heterocycles. The van der Waals surface area contributed by atoms with Gasteiger partial charge in [-0.15, -0.1) is 0 Å². The summed E-state index contributed by atoms with van der Waals surface area (Å²) in [6.45, 7) is 3.98. The van der Waals surface area contributed by atoms with E-state index in [1.54, 1.807) is 0 Å². The Bertz CT molecular complexity index is 897. The Kier molecular flexibility index (Phi) is 4.09. The molecule has 0 bridgehead atoms. The summed E-state index contributed by atoms with van der Waals surface area (Å²) >= 11 is 0. The van der Waals surface area contributed by atoms with Crippen LogP contribution < -0.4 is 0 Å². The van der Waals surface area contributed by atoms with E-state index in [1.807, 2.05) is 32.0 Å². The zero-order chi connectivity index (χ0) is 17.5. The van der Waals surface area contributed by atoms with Crippen LogP contribution >= 0.6 is 0 Å². The van der Waals surface area contributed by atoms with Crippen LogP contribution in [-0.4, -0.2) is 14.9 Å². The first-order valence-electron chi connectivity index (χ1n) is 7.53. The van der Waals surface area contributed by atoms with E-state index in [9.17, 15) is 18.3 Å². The first-order chi connectivity index (χ1) is 11.3. The summed E-state index contributed by atoms with van der Waals surface area (Å²) in [5.74, 6) is 0. The summed E-state index contributed by atoms with van der Waals surface area (Å²) in [7, 11) is 0. The maximum atomic E-state index is 13.0. The van der Waals surface area contributed by atoms with Gasteiger partial charge in [0.15, 0.2) is 0 Å². The molecule has 24 heavy (non-hydrogen) atoms. The lowest BCUT2D eigenvalue weighted by molar-refractivity contribution is -0.137. The number of alkyl halides is 3. The van der Waals surface area contributed by atoms with Gasteiger partial charge in [0.05, 0.1) is 29.9 Å². The third-order valence-corrected chi connectivity index (χ3v) is 4.12. The van der Waals surface area contributed by atoms with Crippen LogP contribution in [0.3, 0.4) is 0 Å². The molecule has 2 aromatic carbocycles. The van der Waals surface area contributed by atoms with Crippen LogP contribution in [0.15, 0.2) is 36.4 Å². The molecular formula is C18H17F3N2O. The predicted octanol–water partition coefficient (Wildman–Crippen LogP) is 4.21. The van der Waals surface area contributed by atoms with Crippen molar-refractivity contribution in [2.75, 3.05) is 0 Å². The maximum Gasteiger partial charge on any atom is 0.416 e. The van der Waals surface area contributed by atoms with Gasteiger partial charge in [0.1, 0.15) is 0 Å². The summed E-state index contributed by atoms with van der Waals surface area (Å²) in [5.41, 5.74) is 3.18. The monoisotopic (exact) mass is 334 g/mol. The Hall–Kier alpha value is -2.34. The molecule has 0 saturated carbocycles. The average Bonchev–Trinajstić information content (AvgIpc) is 2.86. The molecule has 0 amide bonds. The Balaban J connectivity index is 2.12. The molecule has 1 aromatic heterocycles. The van der Waals surface area contributed by atoms with Gasteiger partial charge in [-0.05, 0) is 37.1 Å². The summed E-state index contributed by atoms with van der Waals surface area (Å²) in [6, 6.07) is 9.41. The van der Waals surface area contributed by atoms with Gasteiger partial charge in [-0.2, -0.15) is 18.3 Å². The van der Waals surface area contributed by atoms with E-state index in [-0.39, 0.29) is 6.61 Å². The van der Waals surface area contributed by atoms with Crippen molar-refractivity contribution in [2.45, 2.75) is 33.2 Å². The number of nitrogens with zero attached hydrogens (tertiary/aromatic N) is 2. The molecule has 3 rings (SSSR count). The average molecular weight is 334 g/mol. The van der Waals surface area contributed by atoms with Gasteiger partial charge in [-0.25, -0.2) is 0 Å². The topological polar surface area (TPSA) is 38.0 Å². The SMILES string of the molecule is Cc1ccc(Cn2nc(CO)c3ccc(C(F)(F)F)cc32)c(C)c1. The minimum absolute atomic E-state index is 0.318. The fourth-order valence-electron chi connectivity index (χ4n) is 2.84. The van der Waals surface area contributed by atoms with Crippen LogP contribution in [0.25, 0.3) is 10.9 Å². The standard InChI is InChI=1S/C18H17F3N2O/c1-11-3-4-13(12(2)7-11)9-23-17-8-14(18(19,20)21)5-6-15(17)16(10-24)22-23/h3-8,24H,9-10H2,1-2H3. The number of aliphatic hydroxyl groups excluding tert-OH is 1. The molecule has 3 aromatic rings.